The number of hydrogen-bond acceptors (Lipinski definition) is 2. The first kappa shape index (κ1) is 16.4. The molecule has 0 bridgehead atoms. The van der Waals surface area contributed by atoms with Gasteiger partial charge in [0.15, 0.2) is 0 Å². The van der Waals surface area contributed by atoms with Gasteiger partial charge >= 0.3 is 6.03 Å². The van der Waals surface area contributed by atoms with Gasteiger partial charge in [-0.05, 0) is 24.5 Å². The van der Waals surface area contributed by atoms with Gasteiger partial charge in [-0.1, -0.05) is 48.5 Å². The lowest BCUT2D eigenvalue weighted by Crippen LogP contribution is -2.40. The van der Waals surface area contributed by atoms with Crippen molar-refractivity contribution < 1.29 is 9.53 Å². The van der Waals surface area contributed by atoms with Crippen molar-refractivity contribution in [2.75, 3.05) is 20.7 Å². The second kappa shape index (κ2) is 6.95. The van der Waals surface area contributed by atoms with E-state index in [-0.39, 0.29) is 11.4 Å². The zero-order chi connectivity index (χ0) is 17.0. The molecule has 1 N–H and O–H groups in total. The molecular formula is C20H24N2O2. The van der Waals surface area contributed by atoms with Crippen LogP contribution in [0, 0.1) is 0 Å². The van der Waals surface area contributed by atoms with Crippen LogP contribution >= 0.6 is 0 Å². The van der Waals surface area contributed by atoms with E-state index in [1.165, 1.54) is 5.56 Å². The van der Waals surface area contributed by atoms with Gasteiger partial charge in [0, 0.05) is 31.1 Å². The molecule has 1 aliphatic rings. The lowest BCUT2D eigenvalue weighted by atomic mass is 9.95. The van der Waals surface area contributed by atoms with Crippen LogP contribution in [0.3, 0.4) is 0 Å². The van der Waals surface area contributed by atoms with Crippen molar-refractivity contribution in [1.82, 2.24) is 10.2 Å². The van der Waals surface area contributed by atoms with Crippen LogP contribution in [0.25, 0.3) is 0 Å². The van der Waals surface area contributed by atoms with Gasteiger partial charge in [-0.15, -0.1) is 0 Å². The van der Waals surface area contributed by atoms with Crippen molar-refractivity contribution in [3.05, 3.63) is 65.7 Å². The van der Waals surface area contributed by atoms with Gasteiger partial charge in [0.05, 0.1) is 7.11 Å². The average molecular weight is 324 g/mol. The first-order valence-corrected chi connectivity index (χ1v) is 8.31. The van der Waals surface area contributed by atoms with Gasteiger partial charge in [0.25, 0.3) is 0 Å². The zero-order valence-electron chi connectivity index (χ0n) is 14.3. The fraction of sp³-hybridized carbons (Fsp3) is 0.350. The standard InChI is InChI=1S/C20H24N2O2/c1-22(14-16-8-4-3-5-9-16)19(23)21-15-20(12-13-20)17-10-6-7-11-18(17)24-2/h3-11H,12-15H2,1-2H3,(H,21,23). The number of benzene rings is 2. The Hall–Kier alpha value is -2.49. The maximum Gasteiger partial charge on any atom is 0.317 e. The van der Waals surface area contributed by atoms with Crippen molar-refractivity contribution in [3.8, 4) is 5.75 Å². The van der Waals surface area contributed by atoms with Crippen molar-refractivity contribution in [3.63, 3.8) is 0 Å². The van der Waals surface area contributed by atoms with Crippen molar-refractivity contribution in [2.24, 2.45) is 0 Å². The van der Waals surface area contributed by atoms with Gasteiger partial charge in [0.2, 0.25) is 0 Å². The van der Waals surface area contributed by atoms with E-state index in [1.54, 1.807) is 12.0 Å². The summed E-state index contributed by atoms with van der Waals surface area (Å²) in [6, 6.07) is 18.1. The van der Waals surface area contributed by atoms with Crippen LogP contribution in [0.2, 0.25) is 0 Å². The van der Waals surface area contributed by atoms with E-state index in [1.807, 2.05) is 55.6 Å². The molecule has 0 atom stereocenters. The van der Waals surface area contributed by atoms with E-state index in [9.17, 15) is 4.79 Å². The number of hydrogen-bond donors (Lipinski definition) is 1. The monoisotopic (exact) mass is 324 g/mol. The molecule has 2 aromatic rings. The predicted molar refractivity (Wildman–Crippen MR) is 95.2 cm³/mol. The molecule has 4 nitrogen and oxygen atoms in total. The minimum absolute atomic E-state index is 0.0237. The number of para-hydroxylation sites is 1. The SMILES string of the molecule is COc1ccccc1C1(CNC(=O)N(C)Cc2ccccc2)CC1. The molecule has 4 heteroatoms. The summed E-state index contributed by atoms with van der Waals surface area (Å²) < 4.78 is 5.48. The Balaban J connectivity index is 1.60. The molecule has 0 unspecified atom stereocenters. The van der Waals surface area contributed by atoms with Crippen LogP contribution in [0.1, 0.15) is 24.0 Å². The third kappa shape index (κ3) is 3.53. The molecule has 2 amide bonds. The first-order valence-electron chi connectivity index (χ1n) is 8.31. The Kier molecular flexibility index (Phi) is 4.74. The highest BCUT2D eigenvalue weighted by Gasteiger charge is 2.46. The number of amides is 2. The molecule has 1 aliphatic carbocycles. The maximum absolute atomic E-state index is 12.4. The van der Waals surface area contributed by atoms with Crippen LogP contribution in [-0.2, 0) is 12.0 Å². The quantitative estimate of drug-likeness (QED) is 0.882. The summed E-state index contributed by atoms with van der Waals surface area (Å²) in [5.74, 6) is 0.905. The van der Waals surface area contributed by atoms with E-state index in [2.05, 4.69) is 11.4 Å². The zero-order valence-corrected chi connectivity index (χ0v) is 14.3. The Labute approximate surface area is 143 Å². The van der Waals surface area contributed by atoms with E-state index in [4.69, 9.17) is 4.74 Å². The second-order valence-electron chi connectivity index (χ2n) is 6.48. The van der Waals surface area contributed by atoms with Crippen LogP contribution in [0.5, 0.6) is 5.75 Å². The Morgan fingerprint density at radius 3 is 2.46 bits per heavy atom. The first-order chi connectivity index (χ1) is 11.6. The lowest BCUT2D eigenvalue weighted by molar-refractivity contribution is 0.205. The highest BCUT2D eigenvalue weighted by molar-refractivity contribution is 5.74. The summed E-state index contributed by atoms with van der Waals surface area (Å²) in [4.78, 5) is 14.1. The van der Waals surface area contributed by atoms with Gasteiger partial charge in [0.1, 0.15) is 5.75 Å². The van der Waals surface area contributed by atoms with E-state index < -0.39 is 0 Å². The smallest absolute Gasteiger partial charge is 0.317 e. The largest absolute Gasteiger partial charge is 0.496 e. The molecular weight excluding hydrogens is 300 g/mol. The average Bonchev–Trinajstić information content (AvgIpc) is 3.41. The highest BCUT2D eigenvalue weighted by atomic mass is 16.5. The molecule has 1 saturated carbocycles. The number of methoxy groups -OCH3 is 1. The molecule has 0 saturated heterocycles. The molecule has 126 valence electrons. The second-order valence-corrected chi connectivity index (χ2v) is 6.48. The van der Waals surface area contributed by atoms with Gasteiger partial charge in [-0.2, -0.15) is 0 Å². The number of nitrogens with zero attached hydrogens (tertiary/aromatic N) is 1. The molecule has 3 rings (SSSR count). The molecule has 0 heterocycles. The molecule has 1 fully saturated rings. The minimum Gasteiger partial charge on any atom is -0.496 e. The lowest BCUT2D eigenvalue weighted by Gasteiger charge is -2.22. The number of ether oxygens (including phenoxy) is 1. The van der Waals surface area contributed by atoms with Crippen LogP contribution in [0.4, 0.5) is 4.79 Å². The number of carbonyl (C=O) groups is 1. The van der Waals surface area contributed by atoms with E-state index >= 15 is 0 Å². The normalized spacial score (nSPS) is 14.8. The molecule has 0 aromatic heterocycles. The number of rotatable bonds is 6. The fourth-order valence-electron chi connectivity index (χ4n) is 3.08. The minimum atomic E-state index is -0.0416. The summed E-state index contributed by atoms with van der Waals surface area (Å²) in [7, 11) is 3.52. The van der Waals surface area contributed by atoms with Gasteiger partial charge in [-0.25, -0.2) is 4.79 Å². The molecule has 0 radical (unpaired) electrons. The fourth-order valence-corrected chi connectivity index (χ4v) is 3.08. The molecule has 0 spiro atoms. The van der Waals surface area contributed by atoms with Crippen LogP contribution in [-0.4, -0.2) is 31.6 Å². The summed E-state index contributed by atoms with van der Waals surface area (Å²) >= 11 is 0. The van der Waals surface area contributed by atoms with Crippen LogP contribution < -0.4 is 10.1 Å². The molecule has 2 aromatic carbocycles. The Morgan fingerprint density at radius 2 is 1.79 bits per heavy atom. The molecule has 0 aliphatic heterocycles. The maximum atomic E-state index is 12.4. The van der Waals surface area contributed by atoms with Crippen molar-refractivity contribution >= 4 is 6.03 Å². The van der Waals surface area contributed by atoms with Crippen LogP contribution in [0.15, 0.2) is 54.6 Å². The van der Waals surface area contributed by atoms with Crippen molar-refractivity contribution in [2.45, 2.75) is 24.8 Å². The summed E-state index contributed by atoms with van der Waals surface area (Å²) in [5, 5.41) is 3.09. The number of urea groups is 1. The van der Waals surface area contributed by atoms with E-state index in [0.717, 1.165) is 24.2 Å². The predicted octanol–water partition coefficient (Wildman–Crippen LogP) is 3.57. The third-order valence-electron chi connectivity index (χ3n) is 4.72. The van der Waals surface area contributed by atoms with Gasteiger partial charge < -0.3 is 15.0 Å². The van der Waals surface area contributed by atoms with E-state index in [0.29, 0.717) is 13.1 Å². The summed E-state index contributed by atoms with van der Waals surface area (Å²) in [6.07, 6.45) is 2.16. The number of carbonyl (C=O) groups excluding carboxylic acids is 1. The summed E-state index contributed by atoms with van der Waals surface area (Å²) in [6.45, 7) is 1.25. The summed E-state index contributed by atoms with van der Waals surface area (Å²) in [5.41, 5.74) is 2.34. The third-order valence-corrected chi connectivity index (χ3v) is 4.72. The topological polar surface area (TPSA) is 41.6 Å². The van der Waals surface area contributed by atoms with Crippen molar-refractivity contribution in [1.29, 1.82) is 0 Å². The van der Waals surface area contributed by atoms with Gasteiger partial charge in [-0.3, -0.25) is 0 Å². The highest BCUT2D eigenvalue weighted by Crippen LogP contribution is 2.50. The molecule has 24 heavy (non-hydrogen) atoms. The Morgan fingerprint density at radius 1 is 1.12 bits per heavy atom. The Bertz CT molecular complexity index is 696. The number of nitrogens with one attached hydrogen (secondary N) is 1.